The van der Waals surface area contributed by atoms with Gasteiger partial charge in [0.05, 0.1) is 6.04 Å². The van der Waals surface area contributed by atoms with Gasteiger partial charge in [-0.05, 0) is 40.4 Å². The molecule has 12 heteroatoms. The van der Waals surface area contributed by atoms with Gasteiger partial charge in [0.25, 0.3) is 5.91 Å². The monoisotopic (exact) mass is 481 g/mol. The summed E-state index contributed by atoms with van der Waals surface area (Å²) < 4.78 is 0.820. The topological polar surface area (TPSA) is 161 Å². The Hall–Kier alpha value is -2.50. The van der Waals surface area contributed by atoms with E-state index in [9.17, 15) is 4.79 Å². The molecule has 29 heavy (non-hydrogen) atoms. The Labute approximate surface area is 181 Å². The summed E-state index contributed by atoms with van der Waals surface area (Å²) in [7, 11) is 0. The first kappa shape index (κ1) is 21.2. The average Bonchev–Trinajstić information content (AvgIpc) is 2.68. The van der Waals surface area contributed by atoms with Gasteiger partial charge >= 0.3 is 0 Å². The number of hydrogen-bond donors (Lipinski definition) is 4. The van der Waals surface area contributed by atoms with Gasteiger partial charge in [-0.2, -0.15) is 0 Å². The molecule has 0 spiro atoms. The van der Waals surface area contributed by atoms with E-state index in [2.05, 4.69) is 46.1 Å². The van der Waals surface area contributed by atoms with Gasteiger partial charge in [0, 0.05) is 25.8 Å². The first-order valence-electron chi connectivity index (χ1n) is 8.87. The van der Waals surface area contributed by atoms with Crippen LogP contribution in [-0.2, 0) is 6.54 Å². The largest absolute Gasteiger partial charge is 0.382 e. The lowest BCUT2D eigenvalue weighted by Gasteiger charge is -2.30. The third-order valence-corrected chi connectivity index (χ3v) is 5.18. The van der Waals surface area contributed by atoms with Crippen molar-refractivity contribution in [2.75, 3.05) is 24.6 Å². The van der Waals surface area contributed by atoms with Crippen molar-refractivity contribution in [3.63, 3.8) is 0 Å². The van der Waals surface area contributed by atoms with Crippen LogP contribution < -0.4 is 22.5 Å². The molecule has 0 unspecified atom stereocenters. The van der Waals surface area contributed by atoms with Crippen molar-refractivity contribution in [1.29, 1.82) is 0 Å². The second-order valence-electron chi connectivity index (χ2n) is 6.60. The number of rotatable bonds is 4. The van der Waals surface area contributed by atoms with Crippen LogP contribution in [0.1, 0.15) is 28.9 Å². The summed E-state index contributed by atoms with van der Waals surface area (Å²) in [5, 5.41) is 2.36. The van der Waals surface area contributed by atoms with E-state index in [0.717, 1.165) is 42.6 Å². The fourth-order valence-electron chi connectivity index (χ4n) is 2.98. The molecule has 2 aromatic heterocycles. The number of aromatic nitrogens is 3. The van der Waals surface area contributed by atoms with Crippen LogP contribution in [-0.4, -0.2) is 50.8 Å². The van der Waals surface area contributed by atoms with Gasteiger partial charge in [-0.3, -0.25) is 15.0 Å². The fraction of sp³-hybridized carbons (Fsp3) is 0.353. The van der Waals surface area contributed by atoms with Crippen LogP contribution in [0.15, 0.2) is 27.9 Å². The van der Waals surface area contributed by atoms with Gasteiger partial charge in [0.2, 0.25) is 0 Å². The highest BCUT2D eigenvalue weighted by atomic mass is 79.9. The predicted octanol–water partition coefficient (Wildman–Crippen LogP) is 1.16. The maximum Gasteiger partial charge on any atom is 0.280 e. The number of carbonyl (C=O) groups excluding carboxylic acids is 1. The fourth-order valence-corrected chi connectivity index (χ4v) is 3.34. The summed E-state index contributed by atoms with van der Waals surface area (Å²) in [6, 6.07) is 4.00. The zero-order valence-corrected chi connectivity index (χ0v) is 17.8. The molecule has 1 saturated heterocycles. The zero-order chi connectivity index (χ0) is 21.0. The number of nitrogens with zero attached hydrogens (tertiary/aromatic N) is 5. The maximum atomic E-state index is 12.3. The van der Waals surface area contributed by atoms with Gasteiger partial charge < -0.3 is 17.2 Å². The van der Waals surface area contributed by atoms with Gasteiger partial charge in [-0.15, -0.1) is 0 Å². The second kappa shape index (κ2) is 9.33. The predicted molar refractivity (Wildman–Crippen MR) is 115 cm³/mol. The first-order chi connectivity index (χ1) is 13.8. The lowest BCUT2D eigenvalue weighted by molar-refractivity contribution is 0.0972. The van der Waals surface area contributed by atoms with E-state index < -0.39 is 5.91 Å². The number of halogens is 2. The third-order valence-electron chi connectivity index (χ3n) is 4.44. The van der Waals surface area contributed by atoms with E-state index >= 15 is 0 Å². The summed E-state index contributed by atoms with van der Waals surface area (Å²) >= 11 is 9.13. The number of aliphatic imine (C=N–C) groups is 1. The third kappa shape index (κ3) is 5.75. The van der Waals surface area contributed by atoms with Crippen LogP contribution in [0.25, 0.3) is 0 Å². The number of guanidine groups is 1. The van der Waals surface area contributed by atoms with Crippen LogP contribution in [0.3, 0.4) is 0 Å². The molecule has 0 bridgehead atoms. The normalized spacial score (nSPS) is 16.0. The molecule has 1 amide bonds. The number of amides is 1. The minimum atomic E-state index is -0.640. The lowest BCUT2D eigenvalue weighted by Crippen LogP contribution is -2.40. The Morgan fingerprint density at radius 2 is 2.00 bits per heavy atom. The molecule has 3 rings (SSSR count). The van der Waals surface area contributed by atoms with Crippen molar-refractivity contribution in [3.05, 3.63) is 39.3 Å². The molecule has 3 heterocycles. The lowest BCUT2D eigenvalue weighted by atomic mass is 10.1. The molecule has 0 saturated carbocycles. The van der Waals surface area contributed by atoms with Crippen molar-refractivity contribution >= 4 is 51.0 Å². The van der Waals surface area contributed by atoms with E-state index in [1.54, 1.807) is 0 Å². The molecular weight excluding hydrogens is 462 g/mol. The van der Waals surface area contributed by atoms with Crippen molar-refractivity contribution in [1.82, 2.24) is 25.2 Å². The second-order valence-corrected chi connectivity index (χ2v) is 7.77. The number of nitrogens with one attached hydrogen (secondary N) is 1. The van der Waals surface area contributed by atoms with Crippen LogP contribution >= 0.6 is 27.5 Å². The highest BCUT2D eigenvalue weighted by molar-refractivity contribution is 9.10. The standard InChI is InChI=1S/C17H21BrClN9O/c18-11-2-1-9(7-23-11)8-28-5-3-10(4-6-28)24-17(22)27-16(29)12-14(20)26-15(21)13(19)25-12/h1-2,7,10H,3-6,8H2,(H4,20,21,26)(H3,22,24,27,29). The molecule has 1 aliphatic heterocycles. The molecule has 154 valence electrons. The highest BCUT2D eigenvalue weighted by Gasteiger charge is 2.21. The van der Waals surface area contributed by atoms with Crippen molar-refractivity contribution in [2.24, 2.45) is 10.7 Å². The summed E-state index contributed by atoms with van der Waals surface area (Å²) in [6.07, 6.45) is 3.52. The van der Waals surface area contributed by atoms with E-state index in [0.29, 0.717) is 0 Å². The summed E-state index contributed by atoms with van der Waals surface area (Å²) in [5.41, 5.74) is 18.1. The number of pyridine rings is 1. The Morgan fingerprint density at radius 1 is 1.28 bits per heavy atom. The molecule has 10 nitrogen and oxygen atoms in total. The van der Waals surface area contributed by atoms with Crippen LogP contribution in [0.4, 0.5) is 11.6 Å². The van der Waals surface area contributed by atoms with Gasteiger partial charge in [0.15, 0.2) is 28.4 Å². The summed E-state index contributed by atoms with van der Waals surface area (Å²) in [6.45, 7) is 2.58. The molecule has 0 aliphatic carbocycles. The van der Waals surface area contributed by atoms with Crippen molar-refractivity contribution < 1.29 is 4.79 Å². The molecule has 0 radical (unpaired) electrons. The van der Waals surface area contributed by atoms with Gasteiger partial charge in [-0.25, -0.2) is 19.9 Å². The zero-order valence-electron chi connectivity index (χ0n) is 15.5. The highest BCUT2D eigenvalue weighted by Crippen LogP contribution is 2.18. The van der Waals surface area contributed by atoms with E-state index in [1.807, 2.05) is 18.3 Å². The minimum absolute atomic E-state index is 0.000271. The Balaban J connectivity index is 1.52. The maximum absolute atomic E-state index is 12.3. The Bertz CT molecular complexity index is 914. The van der Waals surface area contributed by atoms with Gasteiger partial charge in [-0.1, -0.05) is 17.7 Å². The summed E-state index contributed by atoms with van der Waals surface area (Å²) in [5.74, 6) is -0.820. The summed E-state index contributed by atoms with van der Waals surface area (Å²) in [4.78, 5) is 30.9. The Morgan fingerprint density at radius 3 is 2.66 bits per heavy atom. The molecule has 7 N–H and O–H groups in total. The number of piperidine rings is 1. The van der Waals surface area contributed by atoms with Crippen molar-refractivity contribution in [3.8, 4) is 0 Å². The average molecular weight is 483 g/mol. The minimum Gasteiger partial charge on any atom is -0.382 e. The number of anilines is 2. The smallest absolute Gasteiger partial charge is 0.280 e. The molecule has 1 fully saturated rings. The number of likely N-dealkylation sites (tertiary alicyclic amines) is 1. The number of carbonyl (C=O) groups is 1. The first-order valence-corrected chi connectivity index (χ1v) is 10.0. The quantitative estimate of drug-likeness (QED) is 0.287. The number of nitrogens with two attached hydrogens (primary N) is 3. The van der Waals surface area contributed by atoms with Crippen LogP contribution in [0.5, 0.6) is 0 Å². The molecule has 2 aromatic rings. The molecular formula is C17H21BrClN9O. The molecule has 0 aromatic carbocycles. The van der Waals surface area contributed by atoms with Crippen LogP contribution in [0, 0.1) is 0 Å². The van der Waals surface area contributed by atoms with Crippen LogP contribution in [0.2, 0.25) is 5.15 Å². The SMILES string of the molecule is NC(=NC1CCN(Cc2ccc(Br)nc2)CC1)NC(=O)c1nc(Cl)c(N)nc1N. The Kier molecular flexibility index (Phi) is 6.83. The molecule has 0 atom stereocenters. The van der Waals surface area contributed by atoms with E-state index in [4.69, 9.17) is 28.8 Å². The molecule has 1 aliphatic rings. The number of nitrogen functional groups attached to an aromatic ring is 2. The van der Waals surface area contributed by atoms with Gasteiger partial charge in [0.1, 0.15) is 4.60 Å². The van der Waals surface area contributed by atoms with E-state index in [1.165, 1.54) is 0 Å². The number of hydrogen-bond acceptors (Lipinski definition) is 8. The van der Waals surface area contributed by atoms with Crippen molar-refractivity contribution in [2.45, 2.75) is 25.4 Å². The van der Waals surface area contributed by atoms with E-state index in [-0.39, 0.29) is 34.5 Å².